The van der Waals surface area contributed by atoms with Gasteiger partial charge < -0.3 is 14.8 Å². The van der Waals surface area contributed by atoms with Gasteiger partial charge in [0.05, 0.1) is 20.4 Å². The Morgan fingerprint density at radius 1 is 1.33 bits per heavy atom. The molecular weight excluding hydrogens is 266 g/mol. The Balaban J connectivity index is 2.02. The number of ether oxygens (including phenoxy) is 2. The van der Waals surface area contributed by atoms with Crippen LogP contribution in [0.5, 0.6) is 11.5 Å². The van der Waals surface area contributed by atoms with Crippen molar-refractivity contribution in [3.05, 3.63) is 48.3 Å². The fourth-order valence-electron chi connectivity index (χ4n) is 2.08. The lowest BCUT2D eigenvalue weighted by molar-refractivity contribution is 0.354. The molecule has 2 aromatic rings. The first kappa shape index (κ1) is 15.1. The first-order chi connectivity index (χ1) is 10.2. The highest BCUT2D eigenvalue weighted by Crippen LogP contribution is 2.29. The van der Waals surface area contributed by atoms with Crippen LogP contribution in [-0.2, 0) is 6.54 Å². The first-order valence-corrected chi connectivity index (χ1v) is 6.78. The highest BCUT2D eigenvalue weighted by Gasteiger charge is 2.10. The Hall–Kier alpha value is -2.27. The van der Waals surface area contributed by atoms with Crippen LogP contribution in [0.4, 0.5) is 0 Å². The zero-order chi connectivity index (χ0) is 15.2. The van der Waals surface area contributed by atoms with Crippen LogP contribution in [0.3, 0.4) is 0 Å². The lowest BCUT2D eigenvalue weighted by atomic mass is 10.1. The molecule has 1 aromatic carbocycles. The van der Waals surface area contributed by atoms with Crippen molar-refractivity contribution in [3.8, 4) is 11.5 Å². The van der Waals surface area contributed by atoms with Gasteiger partial charge in [-0.3, -0.25) is 0 Å². The fraction of sp³-hybridized carbons (Fsp3) is 0.312. The molecule has 0 aliphatic carbocycles. The van der Waals surface area contributed by atoms with Gasteiger partial charge in [-0.25, -0.2) is 4.68 Å². The van der Waals surface area contributed by atoms with Crippen molar-refractivity contribution in [2.24, 2.45) is 0 Å². The van der Waals surface area contributed by atoms with Crippen molar-refractivity contribution >= 4 is 6.20 Å². The summed E-state index contributed by atoms with van der Waals surface area (Å²) < 4.78 is 12.3. The van der Waals surface area contributed by atoms with Crippen LogP contribution in [0, 0.1) is 0 Å². The fourth-order valence-corrected chi connectivity index (χ4v) is 2.08. The van der Waals surface area contributed by atoms with Gasteiger partial charge in [0.15, 0.2) is 11.5 Å². The predicted octanol–water partition coefficient (Wildman–Crippen LogP) is 2.85. The van der Waals surface area contributed by atoms with Gasteiger partial charge in [0.25, 0.3) is 0 Å². The predicted molar refractivity (Wildman–Crippen MR) is 83.4 cm³/mol. The molecule has 21 heavy (non-hydrogen) atoms. The van der Waals surface area contributed by atoms with E-state index in [1.807, 2.05) is 30.6 Å². The molecule has 1 heterocycles. The Labute approximate surface area is 125 Å². The third-order valence-electron chi connectivity index (χ3n) is 3.36. The molecule has 0 radical (unpaired) electrons. The van der Waals surface area contributed by atoms with E-state index >= 15 is 0 Å². The van der Waals surface area contributed by atoms with Crippen LogP contribution in [0.25, 0.3) is 6.20 Å². The summed E-state index contributed by atoms with van der Waals surface area (Å²) in [6.07, 6.45) is 5.44. The van der Waals surface area contributed by atoms with Gasteiger partial charge >= 0.3 is 0 Å². The summed E-state index contributed by atoms with van der Waals surface area (Å²) >= 11 is 0. The minimum Gasteiger partial charge on any atom is -0.493 e. The van der Waals surface area contributed by atoms with E-state index in [9.17, 15) is 0 Å². The summed E-state index contributed by atoms with van der Waals surface area (Å²) in [6.45, 7) is 6.53. The van der Waals surface area contributed by atoms with Crippen LogP contribution in [0.2, 0.25) is 0 Å². The van der Waals surface area contributed by atoms with Crippen LogP contribution >= 0.6 is 0 Å². The molecule has 0 fully saturated rings. The third-order valence-corrected chi connectivity index (χ3v) is 3.36. The number of hydrogen-bond donors (Lipinski definition) is 1. The molecule has 1 unspecified atom stereocenters. The quantitative estimate of drug-likeness (QED) is 0.850. The van der Waals surface area contributed by atoms with Gasteiger partial charge in [0, 0.05) is 30.5 Å². The van der Waals surface area contributed by atoms with Crippen molar-refractivity contribution in [1.82, 2.24) is 15.1 Å². The zero-order valence-electron chi connectivity index (χ0n) is 12.7. The molecule has 2 rings (SSSR count). The Morgan fingerprint density at radius 2 is 2.10 bits per heavy atom. The Morgan fingerprint density at radius 3 is 2.71 bits per heavy atom. The van der Waals surface area contributed by atoms with Crippen molar-refractivity contribution in [3.63, 3.8) is 0 Å². The molecule has 5 nitrogen and oxygen atoms in total. The van der Waals surface area contributed by atoms with E-state index in [1.54, 1.807) is 25.1 Å². The second kappa shape index (κ2) is 6.95. The lowest BCUT2D eigenvalue weighted by Crippen LogP contribution is -2.17. The molecule has 0 saturated carbocycles. The lowest BCUT2D eigenvalue weighted by Gasteiger charge is -2.16. The molecule has 112 valence electrons. The number of rotatable bonds is 7. The third kappa shape index (κ3) is 3.64. The molecule has 0 aliphatic heterocycles. The summed E-state index contributed by atoms with van der Waals surface area (Å²) in [6, 6.07) is 6.13. The summed E-state index contributed by atoms with van der Waals surface area (Å²) in [5.74, 6) is 1.48. The SMILES string of the molecule is C=Cn1cc(CNC(C)c2ccc(OC)c(OC)c2)cn1. The minimum atomic E-state index is 0.192. The van der Waals surface area contributed by atoms with Crippen molar-refractivity contribution in [2.75, 3.05) is 14.2 Å². The van der Waals surface area contributed by atoms with E-state index < -0.39 is 0 Å². The summed E-state index contributed by atoms with van der Waals surface area (Å²) in [5.41, 5.74) is 2.26. The molecule has 5 heteroatoms. The highest BCUT2D eigenvalue weighted by atomic mass is 16.5. The maximum Gasteiger partial charge on any atom is 0.161 e. The molecule has 0 aliphatic rings. The van der Waals surface area contributed by atoms with Gasteiger partial charge in [-0.15, -0.1) is 0 Å². The molecule has 0 saturated heterocycles. The van der Waals surface area contributed by atoms with Crippen LogP contribution in [0.15, 0.2) is 37.2 Å². The normalized spacial score (nSPS) is 12.0. The number of methoxy groups -OCH3 is 2. The van der Waals surface area contributed by atoms with E-state index in [0.717, 1.165) is 29.2 Å². The van der Waals surface area contributed by atoms with Crippen LogP contribution < -0.4 is 14.8 Å². The molecule has 0 bridgehead atoms. The van der Waals surface area contributed by atoms with Gasteiger partial charge in [0.1, 0.15) is 0 Å². The van der Waals surface area contributed by atoms with Crippen molar-refractivity contribution < 1.29 is 9.47 Å². The first-order valence-electron chi connectivity index (χ1n) is 6.78. The van der Waals surface area contributed by atoms with Crippen LogP contribution in [-0.4, -0.2) is 24.0 Å². The average molecular weight is 287 g/mol. The van der Waals surface area contributed by atoms with Crippen LogP contribution in [0.1, 0.15) is 24.1 Å². The molecular formula is C16H21N3O2. The summed E-state index contributed by atoms with van der Waals surface area (Å²) in [4.78, 5) is 0. The number of nitrogens with one attached hydrogen (secondary N) is 1. The number of aromatic nitrogens is 2. The van der Waals surface area contributed by atoms with Crippen molar-refractivity contribution in [2.45, 2.75) is 19.5 Å². The number of hydrogen-bond acceptors (Lipinski definition) is 4. The van der Waals surface area contributed by atoms with Crippen molar-refractivity contribution in [1.29, 1.82) is 0 Å². The van der Waals surface area contributed by atoms with Gasteiger partial charge in [-0.05, 0) is 24.6 Å². The average Bonchev–Trinajstić information content (AvgIpc) is 2.99. The maximum absolute atomic E-state index is 5.33. The molecule has 0 amide bonds. The van der Waals surface area contributed by atoms with E-state index in [1.165, 1.54) is 0 Å². The second-order valence-electron chi connectivity index (χ2n) is 4.73. The molecule has 1 aromatic heterocycles. The number of nitrogens with zero attached hydrogens (tertiary/aromatic N) is 2. The summed E-state index contributed by atoms with van der Waals surface area (Å²) in [7, 11) is 3.28. The maximum atomic E-state index is 5.33. The van der Waals surface area contributed by atoms with E-state index in [4.69, 9.17) is 9.47 Å². The molecule has 0 spiro atoms. The molecule has 1 atom stereocenters. The minimum absolute atomic E-state index is 0.192. The highest BCUT2D eigenvalue weighted by molar-refractivity contribution is 5.43. The number of benzene rings is 1. The van der Waals surface area contributed by atoms with Gasteiger partial charge in [0.2, 0.25) is 0 Å². The molecule has 1 N–H and O–H groups in total. The van der Waals surface area contributed by atoms with E-state index in [2.05, 4.69) is 23.9 Å². The monoisotopic (exact) mass is 287 g/mol. The van der Waals surface area contributed by atoms with E-state index in [-0.39, 0.29) is 6.04 Å². The largest absolute Gasteiger partial charge is 0.493 e. The standard InChI is InChI=1S/C16H21N3O2/c1-5-19-11-13(10-18-19)9-17-12(2)14-6-7-15(20-3)16(8-14)21-4/h5-8,10-12,17H,1,9H2,2-4H3. The van der Waals surface area contributed by atoms with Gasteiger partial charge in [-0.2, -0.15) is 5.10 Å². The second-order valence-corrected chi connectivity index (χ2v) is 4.73. The smallest absolute Gasteiger partial charge is 0.161 e. The topological polar surface area (TPSA) is 48.3 Å². The van der Waals surface area contributed by atoms with Gasteiger partial charge in [-0.1, -0.05) is 12.6 Å². The zero-order valence-corrected chi connectivity index (χ0v) is 12.7. The van der Waals surface area contributed by atoms with E-state index in [0.29, 0.717) is 0 Å². The summed E-state index contributed by atoms with van der Waals surface area (Å²) in [5, 5.41) is 7.61. The Kier molecular flexibility index (Phi) is 5.00. The Bertz CT molecular complexity index is 607.